The van der Waals surface area contributed by atoms with Crippen molar-refractivity contribution in [3.05, 3.63) is 0 Å². The molecule has 0 aromatic rings. The molecule has 0 aliphatic carbocycles. The summed E-state index contributed by atoms with van der Waals surface area (Å²) < 4.78 is 0. The Labute approximate surface area is 51.5 Å². The fraction of sp³-hybridized carbons (Fsp3) is 1.00. The second-order valence-electron chi connectivity index (χ2n) is 2.72. The Kier molecular flexibility index (Phi) is 2.34. The molecule has 2 N–H and O–H groups in total. The SMILES string of the molecule is CCC1CC[NH2+]CC1. The Bertz CT molecular complexity index is 55.4. The maximum atomic E-state index is 2.42. The van der Waals surface area contributed by atoms with Crippen LogP contribution in [0.25, 0.3) is 0 Å². The minimum atomic E-state index is 1.06. The van der Waals surface area contributed by atoms with Crippen LogP contribution < -0.4 is 5.32 Å². The van der Waals surface area contributed by atoms with Gasteiger partial charge in [-0.05, 0) is 18.8 Å². The summed E-state index contributed by atoms with van der Waals surface area (Å²) in [6.07, 6.45) is 4.31. The molecule has 1 rings (SSSR count). The smallest absolute Gasteiger partial charge is 0.0758 e. The average molecular weight is 114 g/mol. The van der Waals surface area contributed by atoms with Crippen molar-refractivity contribution in [1.29, 1.82) is 0 Å². The number of nitrogens with two attached hydrogens (primary N) is 1. The molecule has 0 saturated carbocycles. The number of hydrogen-bond donors (Lipinski definition) is 1. The van der Waals surface area contributed by atoms with Gasteiger partial charge in [0.2, 0.25) is 0 Å². The minimum absolute atomic E-state index is 1.06. The molecular weight excluding hydrogens is 98.1 g/mol. The molecule has 1 saturated heterocycles. The Balaban J connectivity index is 2.13. The minimum Gasteiger partial charge on any atom is -0.346 e. The van der Waals surface area contributed by atoms with Crippen molar-refractivity contribution in [2.45, 2.75) is 26.2 Å². The van der Waals surface area contributed by atoms with Crippen LogP contribution in [0.1, 0.15) is 26.2 Å². The largest absolute Gasteiger partial charge is 0.346 e. The molecule has 0 unspecified atom stereocenters. The summed E-state index contributed by atoms with van der Waals surface area (Å²) >= 11 is 0. The predicted octanol–water partition coefficient (Wildman–Crippen LogP) is 0.370. The van der Waals surface area contributed by atoms with Crippen LogP contribution in [-0.4, -0.2) is 13.1 Å². The molecule has 0 atom stereocenters. The van der Waals surface area contributed by atoms with Crippen molar-refractivity contribution in [3.8, 4) is 0 Å². The summed E-state index contributed by atoms with van der Waals surface area (Å²) in [7, 11) is 0. The van der Waals surface area contributed by atoms with Gasteiger partial charge >= 0.3 is 0 Å². The zero-order chi connectivity index (χ0) is 5.82. The summed E-state index contributed by atoms with van der Waals surface area (Å²) in [5, 5.41) is 2.42. The van der Waals surface area contributed by atoms with Gasteiger partial charge in [0.05, 0.1) is 13.1 Å². The molecule has 48 valence electrons. The lowest BCUT2D eigenvalue weighted by Crippen LogP contribution is -2.86. The molecule has 0 bridgehead atoms. The highest BCUT2D eigenvalue weighted by Gasteiger charge is 2.11. The highest BCUT2D eigenvalue weighted by atomic mass is 14.9. The molecule has 0 amide bonds. The maximum absolute atomic E-state index is 2.42. The Morgan fingerprint density at radius 1 is 1.38 bits per heavy atom. The highest BCUT2D eigenvalue weighted by Crippen LogP contribution is 2.11. The summed E-state index contributed by atoms with van der Waals surface area (Å²) in [5.41, 5.74) is 0. The quantitative estimate of drug-likeness (QED) is 0.507. The van der Waals surface area contributed by atoms with E-state index in [-0.39, 0.29) is 0 Å². The van der Waals surface area contributed by atoms with Crippen molar-refractivity contribution in [3.63, 3.8) is 0 Å². The molecule has 0 radical (unpaired) electrons. The van der Waals surface area contributed by atoms with Gasteiger partial charge in [-0.3, -0.25) is 0 Å². The number of hydrogen-bond acceptors (Lipinski definition) is 0. The van der Waals surface area contributed by atoms with Crippen LogP contribution in [0.15, 0.2) is 0 Å². The van der Waals surface area contributed by atoms with E-state index >= 15 is 0 Å². The van der Waals surface area contributed by atoms with Crippen molar-refractivity contribution in [1.82, 2.24) is 0 Å². The molecule has 1 aliphatic heterocycles. The third-order valence-corrected chi connectivity index (χ3v) is 2.14. The van der Waals surface area contributed by atoms with Gasteiger partial charge in [0.1, 0.15) is 0 Å². The van der Waals surface area contributed by atoms with Crippen molar-refractivity contribution in [2.75, 3.05) is 13.1 Å². The van der Waals surface area contributed by atoms with E-state index in [1.165, 1.54) is 32.4 Å². The first-order valence-electron chi connectivity index (χ1n) is 3.75. The van der Waals surface area contributed by atoms with Gasteiger partial charge < -0.3 is 5.32 Å². The zero-order valence-corrected chi connectivity index (χ0v) is 5.69. The summed E-state index contributed by atoms with van der Waals surface area (Å²) in [6, 6.07) is 0. The number of rotatable bonds is 1. The van der Waals surface area contributed by atoms with Gasteiger partial charge in [-0.25, -0.2) is 0 Å². The van der Waals surface area contributed by atoms with E-state index < -0.39 is 0 Å². The lowest BCUT2D eigenvalue weighted by molar-refractivity contribution is -0.664. The Morgan fingerprint density at radius 3 is 2.38 bits per heavy atom. The van der Waals surface area contributed by atoms with E-state index in [1.807, 2.05) is 0 Å². The fourth-order valence-corrected chi connectivity index (χ4v) is 1.40. The zero-order valence-electron chi connectivity index (χ0n) is 5.69. The van der Waals surface area contributed by atoms with Crippen LogP contribution in [0, 0.1) is 5.92 Å². The van der Waals surface area contributed by atoms with Gasteiger partial charge in [-0.15, -0.1) is 0 Å². The maximum Gasteiger partial charge on any atom is 0.0758 e. The van der Waals surface area contributed by atoms with Gasteiger partial charge in [-0.2, -0.15) is 0 Å². The second-order valence-corrected chi connectivity index (χ2v) is 2.72. The lowest BCUT2D eigenvalue weighted by Gasteiger charge is -2.17. The van der Waals surface area contributed by atoms with Crippen LogP contribution in [0.5, 0.6) is 0 Å². The van der Waals surface area contributed by atoms with Crippen LogP contribution in [0.4, 0.5) is 0 Å². The van der Waals surface area contributed by atoms with Gasteiger partial charge in [0.25, 0.3) is 0 Å². The molecule has 0 aromatic heterocycles. The van der Waals surface area contributed by atoms with E-state index in [0.717, 1.165) is 5.92 Å². The van der Waals surface area contributed by atoms with E-state index in [4.69, 9.17) is 0 Å². The summed E-state index contributed by atoms with van der Waals surface area (Å²) in [4.78, 5) is 0. The first-order valence-corrected chi connectivity index (χ1v) is 3.75. The Morgan fingerprint density at radius 2 is 2.00 bits per heavy atom. The highest BCUT2D eigenvalue weighted by molar-refractivity contribution is 4.57. The third-order valence-electron chi connectivity index (χ3n) is 2.14. The van der Waals surface area contributed by atoms with E-state index in [0.29, 0.717) is 0 Å². The van der Waals surface area contributed by atoms with Gasteiger partial charge in [0.15, 0.2) is 0 Å². The number of quaternary nitrogens is 1. The van der Waals surface area contributed by atoms with E-state index in [1.54, 1.807) is 0 Å². The predicted molar refractivity (Wildman–Crippen MR) is 34.7 cm³/mol. The molecule has 1 heteroatoms. The van der Waals surface area contributed by atoms with Crippen molar-refractivity contribution < 1.29 is 5.32 Å². The van der Waals surface area contributed by atoms with Crippen LogP contribution in [0.2, 0.25) is 0 Å². The monoisotopic (exact) mass is 114 g/mol. The molecule has 1 fully saturated rings. The molecule has 0 spiro atoms. The fourth-order valence-electron chi connectivity index (χ4n) is 1.40. The Hall–Kier alpha value is -0.0400. The molecule has 1 nitrogen and oxygen atoms in total. The lowest BCUT2D eigenvalue weighted by atomic mass is 9.96. The molecule has 8 heavy (non-hydrogen) atoms. The average Bonchev–Trinajstić information content (AvgIpc) is 1.90. The number of piperidine rings is 1. The summed E-state index contributed by atoms with van der Waals surface area (Å²) in [6.45, 7) is 5.05. The first kappa shape index (κ1) is 6.09. The van der Waals surface area contributed by atoms with E-state index in [2.05, 4.69) is 12.2 Å². The van der Waals surface area contributed by atoms with Gasteiger partial charge in [0, 0.05) is 0 Å². The second kappa shape index (κ2) is 3.08. The van der Waals surface area contributed by atoms with Crippen LogP contribution in [-0.2, 0) is 0 Å². The molecule has 1 aliphatic rings. The van der Waals surface area contributed by atoms with Crippen LogP contribution in [0.3, 0.4) is 0 Å². The molecule has 1 heterocycles. The van der Waals surface area contributed by atoms with Crippen molar-refractivity contribution >= 4 is 0 Å². The first-order chi connectivity index (χ1) is 3.93. The summed E-state index contributed by atoms with van der Waals surface area (Å²) in [5.74, 6) is 1.06. The van der Waals surface area contributed by atoms with E-state index in [9.17, 15) is 0 Å². The van der Waals surface area contributed by atoms with Crippen molar-refractivity contribution in [2.24, 2.45) is 5.92 Å². The third kappa shape index (κ3) is 1.48. The molecular formula is C7H16N+. The van der Waals surface area contributed by atoms with Crippen LogP contribution >= 0.6 is 0 Å². The van der Waals surface area contributed by atoms with Gasteiger partial charge in [-0.1, -0.05) is 13.3 Å². The normalized spacial score (nSPS) is 23.6. The molecule has 0 aromatic carbocycles. The standard InChI is InChI=1S/C7H15N/c1-2-7-3-5-8-6-4-7/h7-8H,2-6H2,1H3/p+1. The topological polar surface area (TPSA) is 16.6 Å².